The molecule has 0 aromatic rings. The van der Waals surface area contributed by atoms with Gasteiger partial charge >= 0.3 is 0 Å². The van der Waals surface area contributed by atoms with Crippen molar-refractivity contribution in [1.82, 2.24) is 0 Å². The molecule has 4 nitrogen and oxygen atoms in total. The van der Waals surface area contributed by atoms with Crippen LogP contribution in [0.2, 0.25) is 0 Å². The molecular weight excluding hydrogens is 256 g/mol. The van der Waals surface area contributed by atoms with E-state index in [-0.39, 0.29) is 17.5 Å². The number of methoxy groups -OCH3 is 2. The van der Waals surface area contributed by atoms with E-state index in [1.54, 1.807) is 0 Å². The first-order valence-electron chi connectivity index (χ1n) is 7.82. The van der Waals surface area contributed by atoms with E-state index in [1.807, 2.05) is 0 Å². The van der Waals surface area contributed by atoms with Crippen molar-refractivity contribution in [2.75, 3.05) is 14.2 Å². The molecule has 2 saturated carbocycles. The molecule has 0 N–H and O–H groups in total. The van der Waals surface area contributed by atoms with E-state index in [4.69, 9.17) is 9.47 Å². The Balaban J connectivity index is 2.04. The van der Waals surface area contributed by atoms with Gasteiger partial charge in [-0.3, -0.25) is 9.59 Å². The number of ether oxygens (including phenoxy) is 2. The molecule has 2 atom stereocenters. The highest BCUT2D eigenvalue weighted by Crippen LogP contribution is 2.38. The van der Waals surface area contributed by atoms with Crippen molar-refractivity contribution in [2.24, 2.45) is 17.8 Å². The second kappa shape index (κ2) is 7.32. The molecule has 2 rings (SSSR count). The molecule has 0 aromatic heterocycles. The lowest BCUT2D eigenvalue weighted by Gasteiger charge is -2.35. The standard InChI is InChI=1S/C16H26O4/c1-19-16(20-2)15(18)13-10-6-9-12(14(13)17)11-7-4-3-5-8-11/h11-13,16H,3-10H2,1-2H3/t12-,13-/m1/s1. The van der Waals surface area contributed by atoms with Gasteiger partial charge in [0.15, 0.2) is 5.78 Å². The third-order valence-corrected chi connectivity index (χ3v) is 4.94. The molecule has 0 spiro atoms. The fourth-order valence-electron chi connectivity index (χ4n) is 3.86. The van der Waals surface area contributed by atoms with Gasteiger partial charge in [0.2, 0.25) is 6.29 Å². The summed E-state index contributed by atoms with van der Waals surface area (Å²) in [5.74, 6) is 0.0242. The topological polar surface area (TPSA) is 52.6 Å². The fraction of sp³-hybridized carbons (Fsp3) is 0.875. The zero-order valence-corrected chi connectivity index (χ0v) is 12.6. The Kier molecular flexibility index (Phi) is 5.73. The van der Waals surface area contributed by atoms with Gasteiger partial charge in [0.1, 0.15) is 5.78 Å². The number of ketones is 2. The van der Waals surface area contributed by atoms with Crippen molar-refractivity contribution in [1.29, 1.82) is 0 Å². The van der Waals surface area contributed by atoms with E-state index in [0.29, 0.717) is 12.3 Å². The molecule has 20 heavy (non-hydrogen) atoms. The zero-order valence-electron chi connectivity index (χ0n) is 12.6. The lowest BCUT2D eigenvalue weighted by atomic mass is 9.68. The maximum absolute atomic E-state index is 12.7. The smallest absolute Gasteiger partial charge is 0.218 e. The zero-order chi connectivity index (χ0) is 14.5. The molecule has 0 aliphatic heterocycles. The van der Waals surface area contributed by atoms with Gasteiger partial charge < -0.3 is 9.47 Å². The molecule has 0 saturated heterocycles. The minimum atomic E-state index is -0.894. The molecule has 2 fully saturated rings. The van der Waals surface area contributed by atoms with Crippen LogP contribution in [0.5, 0.6) is 0 Å². The van der Waals surface area contributed by atoms with Crippen molar-refractivity contribution in [3.8, 4) is 0 Å². The van der Waals surface area contributed by atoms with Crippen LogP contribution in [0.1, 0.15) is 51.4 Å². The molecule has 0 radical (unpaired) electrons. The average molecular weight is 282 g/mol. The van der Waals surface area contributed by atoms with Crippen molar-refractivity contribution in [3.05, 3.63) is 0 Å². The van der Waals surface area contributed by atoms with Crippen LogP contribution in [-0.2, 0) is 19.1 Å². The number of hydrogen-bond acceptors (Lipinski definition) is 4. The van der Waals surface area contributed by atoms with Gasteiger partial charge in [0.05, 0.1) is 5.92 Å². The monoisotopic (exact) mass is 282 g/mol. The lowest BCUT2D eigenvalue weighted by Crippen LogP contribution is -2.42. The van der Waals surface area contributed by atoms with Crippen LogP contribution >= 0.6 is 0 Å². The van der Waals surface area contributed by atoms with E-state index >= 15 is 0 Å². The van der Waals surface area contributed by atoms with Crippen molar-refractivity contribution in [2.45, 2.75) is 57.7 Å². The Bertz CT molecular complexity index is 342. The summed E-state index contributed by atoms with van der Waals surface area (Å²) in [4.78, 5) is 25.0. The Hall–Kier alpha value is -0.740. The van der Waals surface area contributed by atoms with Crippen LogP contribution in [0.3, 0.4) is 0 Å². The summed E-state index contributed by atoms with van der Waals surface area (Å²) in [6.07, 6.45) is 7.72. The van der Waals surface area contributed by atoms with Gasteiger partial charge in [-0.2, -0.15) is 0 Å². The maximum Gasteiger partial charge on any atom is 0.218 e. The summed E-state index contributed by atoms with van der Waals surface area (Å²) in [5, 5.41) is 0. The van der Waals surface area contributed by atoms with Crippen LogP contribution < -0.4 is 0 Å². The van der Waals surface area contributed by atoms with Crippen molar-refractivity contribution in [3.63, 3.8) is 0 Å². The van der Waals surface area contributed by atoms with Gasteiger partial charge in [-0.25, -0.2) is 0 Å². The highest BCUT2D eigenvalue weighted by atomic mass is 16.7. The van der Waals surface area contributed by atoms with Crippen LogP contribution in [-0.4, -0.2) is 32.1 Å². The average Bonchev–Trinajstić information content (AvgIpc) is 2.49. The Morgan fingerprint density at radius 3 is 2.25 bits per heavy atom. The molecule has 2 aliphatic rings. The highest BCUT2D eigenvalue weighted by molar-refractivity contribution is 6.05. The maximum atomic E-state index is 12.7. The minimum Gasteiger partial charge on any atom is -0.349 e. The van der Waals surface area contributed by atoms with Crippen LogP contribution in [0.25, 0.3) is 0 Å². The predicted octanol–water partition coefficient (Wildman–Crippen LogP) is 2.74. The summed E-state index contributed by atoms with van der Waals surface area (Å²) in [7, 11) is 2.88. The molecular formula is C16H26O4. The first kappa shape index (κ1) is 15.6. The van der Waals surface area contributed by atoms with Gasteiger partial charge in [0.25, 0.3) is 0 Å². The predicted molar refractivity (Wildman–Crippen MR) is 75.2 cm³/mol. The Morgan fingerprint density at radius 1 is 1.00 bits per heavy atom. The van der Waals surface area contributed by atoms with Crippen LogP contribution in [0.4, 0.5) is 0 Å². The van der Waals surface area contributed by atoms with Gasteiger partial charge in [-0.1, -0.05) is 25.7 Å². The number of hydrogen-bond donors (Lipinski definition) is 0. The normalized spacial score (nSPS) is 28.9. The SMILES string of the molecule is COC(OC)C(=O)[C@@H]1CCC[C@H](C2CCCCC2)C1=O. The summed E-state index contributed by atoms with van der Waals surface area (Å²) < 4.78 is 10.0. The van der Waals surface area contributed by atoms with Gasteiger partial charge in [-0.05, 0) is 31.6 Å². The highest BCUT2D eigenvalue weighted by Gasteiger charge is 2.41. The molecule has 0 unspecified atom stereocenters. The lowest BCUT2D eigenvalue weighted by molar-refractivity contribution is -0.165. The summed E-state index contributed by atoms with van der Waals surface area (Å²) >= 11 is 0. The van der Waals surface area contributed by atoms with E-state index in [9.17, 15) is 9.59 Å². The number of rotatable bonds is 5. The van der Waals surface area contributed by atoms with Gasteiger partial charge in [0, 0.05) is 20.1 Å². The molecule has 2 aliphatic carbocycles. The van der Waals surface area contributed by atoms with Crippen molar-refractivity contribution >= 4 is 11.6 Å². The molecule has 4 heteroatoms. The third kappa shape index (κ3) is 3.29. The van der Waals surface area contributed by atoms with Crippen LogP contribution in [0.15, 0.2) is 0 Å². The second-order valence-corrected chi connectivity index (χ2v) is 6.10. The Labute approximate surface area is 121 Å². The number of Topliss-reactive ketones (excluding diaryl/α,β-unsaturated/α-hetero) is 2. The Morgan fingerprint density at radius 2 is 1.65 bits per heavy atom. The summed E-state index contributed by atoms with van der Waals surface area (Å²) in [5.41, 5.74) is 0. The molecule has 0 aromatic carbocycles. The minimum absolute atomic E-state index is 0.0902. The van der Waals surface area contributed by atoms with Crippen LogP contribution in [0, 0.1) is 17.8 Å². The first-order valence-corrected chi connectivity index (χ1v) is 7.82. The molecule has 0 amide bonds. The molecule has 0 bridgehead atoms. The van der Waals surface area contributed by atoms with Gasteiger partial charge in [-0.15, -0.1) is 0 Å². The second-order valence-electron chi connectivity index (χ2n) is 6.10. The van der Waals surface area contributed by atoms with E-state index in [0.717, 1.165) is 25.7 Å². The summed E-state index contributed by atoms with van der Waals surface area (Å²) in [6.45, 7) is 0. The molecule has 114 valence electrons. The molecule has 0 heterocycles. The third-order valence-electron chi connectivity index (χ3n) is 4.94. The number of carbonyl (C=O) groups excluding carboxylic acids is 2. The first-order chi connectivity index (χ1) is 9.69. The summed E-state index contributed by atoms with van der Waals surface area (Å²) in [6, 6.07) is 0. The quantitative estimate of drug-likeness (QED) is 0.574. The van der Waals surface area contributed by atoms with E-state index < -0.39 is 12.2 Å². The number of carbonyl (C=O) groups is 2. The van der Waals surface area contributed by atoms with E-state index in [2.05, 4.69) is 0 Å². The van der Waals surface area contributed by atoms with E-state index in [1.165, 1.54) is 33.5 Å². The largest absolute Gasteiger partial charge is 0.349 e. The fourth-order valence-corrected chi connectivity index (χ4v) is 3.86. The van der Waals surface area contributed by atoms with Crippen molar-refractivity contribution < 1.29 is 19.1 Å².